The van der Waals surface area contributed by atoms with Gasteiger partial charge in [-0.05, 0) is 49.0 Å². The zero-order valence-corrected chi connectivity index (χ0v) is 15.8. The fourth-order valence-corrected chi connectivity index (χ4v) is 2.59. The number of thiocarbonyl (C=S) groups is 1. The Hall–Kier alpha value is -3.10. The maximum atomic E-state index is 12.2. The van der Waals surface area contributed by atoms with Crippen molar-refractivity contribution in [3.63, 3.8) is 0 Å². The van der Waals surface area contributed by atoms with Crippen LogP contribution in [0.2, 0.25) is 5.02 Å². The van der Waals surface area contributed by atoms with E-state index in [4.69, 9.17) is 23.8 Å². The first-order chi connectivity index (χ1) is 12.9. The molecule has 0 radical (unpaired) electrons. The Morgan fingerprint density at radius 1 is 1.19 bits per heavy atom. The lowest BCUT2D eigenvalue weighted by Crippen LogP contribution is -2.44. The molecule has 0 unspecified atom stereocenters. The normalized spacial score (nSPS) is 10.3. The molecular formula is C18H16ClN5O2S. The average molecular weight is 402 g/mol. The van der Waals surface area contributed by atoms with Gasteiger partial charge >= 0.3 is 0 Å². The SMILES string of the molecule is Cc1ccc(NC(=S)NNC(=O)c2nn(-c3ccccc3)cc2O)cc1Cl. The first-order valence-corrected chi connectivity index (χ1v) is 8.70. The molecule has 0 saturated carbocycles. The van der Waals surface area contributed by atoms with Crippen molar-refractivity contribution in [2.24, 2.45) is 0 Å². The summed E-state index contributed by atoms with van der Waals surface area (Å²) < 4.78 is 1.41. The molecular weight excluding hydrogens is 386 g/mol. The van der Waals surface area contributed by atoms with E-state index < -0.39 is 5.91 Å². The summed E-state index contributed by atoms with van der Waals surface area (Å²) in [7, 11) is 0. The predicted molar refractivity (Wildman–Crippen MR) is 108 cm³/mol. The minimum Gasteiger partial charge on any atom is -0.504 e. The van der Waals surface area contributed by atoms with E-state index in [0.717, 1.165) is 5.56 Å². The highest BCUT2D eigenvalue weighted by Gasteiger charge is 2.17. The van der Waals surface area contributed by atoms with Crippen molar-refractivity contribution in [3.05, 3.63) is 71.0 Å². The summed E-state index contributed by atoms with van der Waals surface area (Å²) in [6.07, 6.45) is 1.36. The maximum absolute atomic E-state index is 12.2. The summed E-state index contributed by atoms with van der Waals surface area (Å²) >= 11 is 11.2. The van der Waals surface area contributed by atoms with Crippen molar-refractivity contribution in [2.45, 2.75) is 6.92 Å². The van der Waals surface area contributed by atoms with Crippen molar-refractivity contribution >= 4 is 40.5 Å². The number of benzene rings is 2. The Balaban J connectivity index is 1.61. The molecule has 0 fully saturated rings. The Kier molecular flexibility index (Phi) is 5.58. The third-order valence-corrected chi connectivity index (χ3v) is 4.26. The molecule has 0 aliphatic rings. The number of halogens is 1. The van der Waals surface area contributed by atoms with Gasteiger partial charge in [0.05, 0.1) is 11.9 Å². The second-order valence-corrected chi connectivity index (χ2v) is 6.46. The van der Waals surface area contributed by atoms with Crippen molar-refractivity contribution in [1.82, 2.24) is 20.6 Å². The number of anilines is 1. The fraction of sp³-hybridized carbons (Fsp3) is 0.0556. The highest BCUT2D eigenvalue weighted by Crippen LogP contribution is 2.20. The molecule has 1 amide bonds. The molecule has 27 heavy (non-hydrogen) atoms. The van der Waals surface area contributed by atoms with E-state index in [-0.39, 0.29) is 16.6 Å². The van der Waals surface area contributed by atoms with Gasteiger partial charge in [-0.15, -0.1) is 0 Å². The van der Waals surface area contributed by atoms with Crippen molar-refractivity contribution < 1.29 is 9.90 Å². The van der Waals surface area contributed by atoms with Crippen molar-refractivity contribution in [1.29, 1.82) is 0 Å². The van der Waals surface area contributed by atoms with Crippen LogP contribution in [0.5, 0.6) is 5.75 Å². The van der Waals surface area contributed by atoms with Crippen LogP contribution in [-0.4, -0.2) is 25.9 Å². The van der Waals surface area contributed by atoms with Gasteiger partial charge in [0, 0.05) is 10.7 Å². The number of carbonyl (C=O) groups excluding carboxylic acids is 1. The number of nitrogens with zero attached hydrogens (tertiary/aromatic N) is 2. The smallest absolute Gasteiger partial charge is 0.294 e. The molecule has 1 heterocycles. The molecule has 4 N–H and O–H groups in total. The molecule has 3 aromatic rings. The van der Waals surface area contributed by atoms with Gasteiger partial charge in [-0.3, -0.25) is 15.6 Å². The molecule has 3 rings (SSSR count). The highest BCUT2D eigenvalue weighted by atomic mass is 35.5. The van der Waals surface area contributed by atoms with Gasteiger partial charge in [-0.2, -0.15) is 5.10 Å². The molecule has 7 nitrogen and oxygen atoms in total. The number of hydrogen-bond acceptors (Lipinski definition) is 4. The summed E-state index contributed by atoms with van der Waals surface area (Å²) in [6.45, 7) is 1.89. The summed E-state index contributed by atoms with van der Waals surface area (Å²) in [5, 5.41) is 17.7. The van der Waals surface area contributed by atoms with Gasteiger partial charge < -0.3 is 10.4 Å². The van der Waals surface area contributed by atoms with Gasteiger partial charge in [0.1, 0.15) is 0 Å². The van der Waals surface area contributed by atoms with Gasteiger partial charge in [0.15, 0.2) is 16.6 Å². The van der Waals surface area contributed by atoms with Crippen LogP contribution in [0.25, 0.3) is 5.69 Å². The predicted octanol–water partition coefficient (Wildman–Crippen LogP) is 3.17. The van der Waals surface area contributed by atoms with Gasteiger partial charge in [-0.25, -0.2) is 4.68 Å². The molecule has 1 aromatic heterocycles. The minimum atomic E-state index is -0.631. The molecule has 0 atom stereocenters. The first kappa shape index (κ1) is 18.7. The quantitative estimate of drug-likeness (QED) is 0.398. The maximum Gasteiger partial charge on any atom is 0.294 e. The lowest BCUT2D eigenvalue weighted by Gasteiger charge is -2.11. The molecule has 0 saturated heterocycles. The first-order valence-electron chi connectivity index (χ1n) is 7.91. The van der Waals surface area contributed by atoms with E-state index in [0.29, 0.717) is 16.4 Å². The number of aromatic hydroxyl groups is 1. The number of rotatable bonds is 3. The Bertz CT molecular complexity index is 991. The number of aryl methyl sites for hydroxylation is 1. The molecule has 2 aromatic carbocycles. The summed E-state index contributed by atoms with van der Waals surface area (Å²) in [6, 6.07) is 14.5. The van der Waals surface area contributed by atoms with E-state index in [1.165, 1.54) is 10.9 Å². The van der Waals surface area contributed by atoms with Gasteiger partial charge in [-0.1, -0.05) is 35.9 Å². The monoisotopic (exact) mass is 401 g/mol. The standard InChI is InChI=1S/C18H16ClN5O2S/c1-11-7-8-12(9-14(11)19)20-18(27)22-21-17(26)16-15(25)10-24(23-16)13-5-3-2-4-6-13/h2-10,25H,1H3,(H,21,26)(H2,20,22,27). The van der Waals surface area contributed by atoms with E-state index in [2.05, 4.69) is 21.3 Å². The lowest BCUT2D eigenvalue weighted by atomic mass is 10.2. The third-order valence-electron chi connectivity index (χ3n) is 3.65. The second kappa shape index (κ2) is 8.07. The fourth-order valence-electron chi connectivity index (χ4n) is 2.25. The van der Waals surface area contributed by atoms with Gasteiger partial charge in [0.25, 0.3) is 5.91 Å². The van der Waals surface area contributed by atoms with Crippen molar-refractivity contribution in [3.8, 4) is 11.4 Å². The Labute approximate surface area is 165 Å². The molecule has 0 bridgehead atoms. The number of hydrazine groups is 1. The summed E-state index contributed by atoms with van der Waals surface area (Å²) in [5.74, 6) is -0.879. The Morgan fingerprint density at radius 3 is 2.63 bits per heavy atom. The van der Waals surface area contributed by atoms with Crippen LogP contribution in [0, 0.1) is 6.92 Å². The number of hydrogen-bond donors (Lipinski definition) is 4. The van der Waals surface area contributed by atoms with Crippen LogP contribution in [0.4, 0.5) is 5.69 Å². The molecule has 138 valence electrons. The number of nitrogens with one attached hydrogen (secondary N) is 3. The number of amides is 1. The zero-order valence-electron chi connectivity index (χ0n) is 14.2. The Morgan fingerprint density at radius 2 is 1.93 bits per heavy atom. The van der Waals surface area contributed by atoms with Gasteiger partial charge in [0.2, 0.25) is 0 Å². The van der Waals surface area contributed by atoms with Crippen LogP contribution in [0.15, 0.2) is 54.7 Å². The van der Waals surface area contributed by atoms with Crippen LogP contribution in [-0.2, 0) is 0 Å². The van der Waals surface area contributed by atoms with Crippen LogP contribution in [0.1, 0.15) is 16.1 Å². The summed E-state index contributed by atoms with van der Waals surface area (Å²) in [5.41, 5.74) is 7.15. The van der Waals surface area contributed by atoms with Crippen LogP contribution < -0.4 is 16.2 Å². The number of carbonyl (C=O) groups is 1. The van der Waals surface area contributed by atoms with Crippen molar-refractivity contribution in [2.75, 3.05) is 5.32 Å². The van der Waals surface area contributed by atoms with Crippen LogP contribution in [0.3, 0.4) is 0 Å². The second-order valence-electron chi connectivity index (χ2n) is 5.64. The minimum absolute atomic E-state index is 0.132. The molecule has 9 heteroatoms. The topological polar surface area (TPSA) is 91.2 Å². The molecule has 0 spiro atoms. The number of para-hydroxylation sites is 1. The van der Waals surface area contributed by atoms with E-state index in [1.807, 2.05) is 37.3 Å². The number of aromatic nitrogens is 2. The highest BCUT2D eigenvalue weighted by molar-refractivity contribution is 7.80. The average Bonchev–Trinajstić information content (AvgIpc) is 3.05. The third kappa shape index (κ3) is 4.55. The van der Waals surface area contributed by atoms with E-state index in [9.17, 15) is 9.90 Å². The largest absolute Gasteiger partial charge is 0.504 e. The van der Waals surface area contributed by atoms with Crippen LogP contribution >= 0.6 is 23.8 Å². The molecule has 0 aliphatic carbocycles. The van der Waals surface area contributed by atoms with E-state index in [1.54, 1.807) is 18.2 Å². The lowest BCUT2D eigenvalue weighted by molar-refractivity contribution is 0.0936. The van der Waals surface area contributed by atoms with E-state index >= 15 is 0 Å². The summed E-state index contributed by atoms with van der Waals surface area (Å²) in [4.78, 5) is 12.2. The molecule has 0 aliphatic heterocycles. The zero-order chi connectivity index (χ0) is 19.4.